The van der Waals surface area contributed by atoms with E-state index in [1.807, 2.05) is 17.8 Å². The normalized spacial score (nSPS) is 18.1. The minimum absolute atomic E-state index is 0. The summed E-state index contributed by atoms with van der Waals surface area (Å²) in [6.07, 6.45) is 2.64. The summed E-state index contributed by atoms with van der Waals surface area (Å²) < 4.78 is 0. The number of rotatable bonds is 6. The summed E-state index contributed by atoms with van der Waals surface area (Å²) in [5.41, 5.74) is 1.34. The first-order valence-electron chi connectivity index (χ1n) is 6.96. The van der Waals surface area contributed by atoms with Crippen LogP contribution in [0.2, 0.25) is 0 Å². The van der Waals surface area contributed by atoms with Crippen LogP contribution in [-0.2, 0) is 11.2 Å². The summed E-state index contributed by atoms with van der Waals surface area (Å²) in [5, 5.41) is 6.40. The van der Waals surface area contributed by atoms with Gasteiger partial charge in [0.05, 0.1) is 0 Å². The fourth-order valence-electron chi connectivity index (χ4n) is 2.21. The molecule has 1 heterocycles. The van der Waals surface area contributed by atoms with Gasteiger partial charge < -0.3 is 10.6 Å². The Bertz CT molecular complexity index is 383. The first-order chi connectivity index (χ1) is 9.34. The molecule has 0 aromatic heterocycles. The number of amides is 1. The molecule has 0 radical (unpaired) electrons. The van der Waals surface area contributed by atoms with Crippen LogP contribution in [0.1, 0.15) is 18.4 Å². The largest absolute Gasteiger partial charge is 0.356 e. The number of halogens is 1. The van der Waals surface area contributed by atoms with Crippen LogP contribution in [0.15, 0.2) is 30.3 Å². The van der Waals surface area contributed by atoms with Gasteiger partial charge in [-0.1, -0.05) is 30.3 Å². The van der Waals surface area contributed by atoms with E-state index in [0.29, 0.717) is 12.5 Å². The maximum Gasteiger partial charge on any atom is 0.221 e. The highest BCUT2D eigenvalue weighted by molar-refractivity contribution is 7.99. The van der Waals surface area contributed by atoms with Crippen LogP contribution < -0.4 is 10.6 Å². The van der Waals surface area contributed by atoms with Crippen LogP contribution in [-0.4, -0.2) is 36.5 Å². The molecule has 1 aromatic rings. The lowest BCUT2D eigenvalue weighted by Crippen LogP contribution is -2.41. The first-order valence-corrected chi connectivity index (χ1v) is 8.12. The van der Waals surface area contributed by atoms with E-state index in [1.165, 1.54) is 5.56 Å². The van der Waals surface area contributed by atoms with Gasteiger partial charge >= 0.3 is 0 Å². The Labute approximate surface area is 131 Å². The van der Waals surface area contributed by atoms with E-state index in [0.717, 1.165) is 37.4 Å². The Balaban J connectivity index is 0.00000200. The molecule has 2 rings (SSSR count). The molecule has 1 fully saturated rings. The number of benzene rings is 1. The van der Waals surface area contributed by atoms with Crippen molar-refractivity contribution in [1.29, 1.82) is 0 Å². The number of carbonyl (C=O) groups is 1. The van der Waals surface area contributed by atoms with Crippen LogP contribution in [0.25, 0.3) is 0 Å². The average Bonchev–Trinajstić information content (AvgIpc) is 2.46. The number of aryl methyl sites for hydroxylation is 1. The van der Waals surface area contributed by atoms with Gasteiger partial charge in [0.15, 0.2) is 0 Å². The Hall–Kier alpha value is -0.710. The second-order valence-corrected chi connectivity index (χ2v) is 6.02. The first kappa shape index (κ1) is 17.3. The predicted molar refractivity (Wildman–Crippen MR) is 88.8 cm³/mol. The molecule has 20 heavy (non-hydrogen) atoms. The number of hydrogen-bond acceptors (Lipinski definition) is 3. The zero-order chi connectivity index (χ0) is 13.3. The number of hydrogen-bond donors (Lipinski definition) is 2. The minimum Gasteiger partial charge on any atom is -0.356 e. The van der Waals surface area contributed by atoms with Crippen LogP contribution >= 0.6 is 24.2 Å². The van der Waals surface area contributed by atoms with E-state index in [-0.39, 0.29) is 18.3 Å². The monoisotopic (exact) mass is 314 g/mol. The maximum absolute atomic E-state index is 11.8. The Kier molecular flexibility index (Phi) is 8.74. The van der Waals surface area contributed by atoms with Crippen molar-refractivity contribution in [2.75, 3.05) is 24.6 Å². The van der Waals surface area contributed by atoms with Crippen molar-refractivity contribution in [3.8, 4) is 0 Å². The van der Waals surface area contributed by atoms with Crippen molar-refractivity contribution in [2.45, 2.75) is 25.3 Å². The van der Waals surface area contributed by atoms with Gasteiger partial charge in [-0.15, -0.1) is 12.4 Å². The highest BCUT2D eigenvalue weighted by atomic mass is 35.5. The van der Waals surface area contributed by atoms with E-state index < -0.39 is 0 Å². The van der Waals surface area contributed by atoms with Crippen molar-refractivity contribution in [2.24, 2.45) is 0 Å². The summed E-state index contributed by atoms with van der Waals surface area (Å²) >= 11 is 1.93. The Morgan fingerprint density at radius 2 is 2.15 bits per heavy atom. The van der Waals surface area contributed by atoms with Gasteiger partial charge in [0.2, 0.25) is 5.91 Å². The van der Waals surface area contributed by atoms with E-state index in [1.54, 1.807) is 0 Å². The Morgan fingerprint density at radius 1 is 1.35 bits per heavy atom. The molecule has 0 aliphatic carbocycles. The molecule has 112 valence electrons. The molecule has 1 saturated heterocycles. The number of nitrogens with one attached hydrogen (secondary N) is 2. The number of carbonyl (C=O) groups excluding carboxylic acids is 1. The fraction of sp³-hybridized carbons (Fsp3) is 0.533. The van der Waals surface area contributed by atoms with Gasteiger partial charge in [-0.05, 0) is 18.4 Å². The fourth-order valence-corrected chi connectivity index (χ4v) is 3.16. The standard InChI is InChI=1S/C15H22N2OS.ClH/c18-15(11-14-12-19-10-9-16-14)17-8-4-7-13-5-2-1-3-6-13;/h1-3,5-6,14,16H,4,7-12H2,(H,17,18);1H. The van der Waals surface area contributed by atoms with Gasteiger partial charge in [0.25, 0.3) is 0 Å². The highest BCUT2D eigenvalue weighted by Crippen LogP contribution is 2.10. The van der Waals surface area contributed by atoms with Crippen molar-refractivity contribution in [3.05, 3.63) is 35.9 Å². The lowest BCUT2D eigenvalue weighted by atomic mass is 10.1. The van der Waals surface area contributed by atoms with Crippen molar-refractivity contribution in [3.63, 3.8) is 0 Å². The van der Waals surface area contributed by atoms with Crippen LogP contribution in [0, 0.1) is 0 Å². The lowest BCUT2D eigenvalue weighted by molar-refractivity contribution is -0.121. The SMILES string of the molecule is Cl.O=C(CC1CSCCN1)NCCCc1ccccc1. The van der Waals surface area contributed by atoms with E-state index in [4.69, 9.17) is 0 Å². The van der Waals surface area contributed by atoms with Crippen LogP contribution in [0.3, 0.4) is 0 Å². The number of thioether (sulfide) groups is 1. The summed E-state index contributed by atoms with van der Waals surface area (Å²) in [6.45, 7) is 1.80. The van der Waals surface area contributed by atoms with Gasteiger partial charge in [0.1, 0.15) is 0 Å². The third kappa shape index (κ3) is 6.64. The molecule has 1 atom stereocenters. The van der Waals surface area contributed by atoms with Crippen LogP contribution in [0.5, 0.6) is 0 Å². The summed E-state index contributed by atoms with van der Waals surface area (Å²) in [6, 6.07) is 10.8. The molecular formula is C15H23ClN2OS. The molecule has 1 aliphatic rings. The molecular weight excluding hydrogens is 292 g/mol. The molecule has 1 aliphatic heterocycles. The predicted octanol–water partition coefficient (Wildman–Crippen LogP) is 2.25. The summed E-state index contributed by atoms with van der Waals surface area (Å²) in [7, 11) is 0. The molecule has 1 unspecified atom stereocenters. The smallest absolute Gasteiger partial charge is 0.221 e. The van der Waals surface area contributed by atoms with Crippen molar-refractivity contribution in [1.82, 2.24) is 10.6 Å². The Morgan fingerprint density at radius 3 is 2.85 bits per heavy atom. The molecule has 5 heteroatoms. The van der Waals surface area contributed by atoms with E-state index >= 15 is 0 Å². The third-order valence-electron chi connectivity index (χ3n) is 3.24. The molecule has 2 N–H and O–H groups in total. The van der Waals surface area contributed by atoms with Crippen molar-refractivity contribution >= 4 is 30.1 Å². The van der Waals surface area contributed by atoms with Gasteiger partial charge in [-0.25, -0.2) is 0 Å². The van der Waals surface area contributed by atoms with Gasteiger partial charge in [-0.3, -0.25) is 4.79 Å². The van der Waals surface area contributed by atoms with Gasteiger partial charge in [0, 0.05) is 37.1 Å². The molecule has 3 nitrogen and oxygen atoms in total. The maximum atomic E-state index is 11.8. The van der Waals surface area contributed by atoms with Crippen molar-refractivity contribution < 1.29 is 4.79 Å². The second-order valence-electron chi connectivity index (χ2n) is 4.87. The van der Waals surface area contributed by atoms with E-state index in [2.05, 4.69) is 34.9 Å². The zero-order valence-electron chi connectivity index (χ0n) is 11.6. The van der Waals surface area contributed by atoms with Crippen LogP contribution in [0.4, 0.5) is 0 Å². The molecule has 1 amide bonds. The minimum atomic E-state index is 0. The average molecular weight is 315 g/mol. The molecule has 0 saturated carbocycles. The molecule has 1 aromatic carbocycles. The van der Waals surface area contributed by atoms with Gasteiger partial charge in [-0.2, -0.15) is 11.8 Å². The third-order valence-corrected chi connectivity index (χ3v) is 4.37. The summed E-state index contributed by atoms with van der Waals surface area (Å²) in [5.74, 6) is 2.39. The van der Waals surface area contributed by atoms with E-state index in [9.17, 15) is 4.79 Å². The zero-order valence-corrected chi connectivity index (χ0v) is 13.3. The topological polar surface area (TPSA) is 41.1 Å². The molecule has 0 spiro atoms. The quantitative estimate of drug-likeness (QED) is 0.791. The lowest BCUT2D eigenvalue weighted by Gasteiger charge is -2.22. The summed E-state index contributed by atoms with van der Waals surface area (Å²) in [4.78, 5) is 11.8. The molecule has 0 bridgehead atoms. The highest BCUT2D eigenvalue weighted by Gasteiger charge is 2.16. The second kappa shape index (κ2) is 10.1.